The summed E-state index contributed by atoms with van der Waals surface area (Å²) < 4.78 is 1.81. The van der Waals surface area contributed by atoms with Crippen molar-refractivity contribution in [3.8, 4) is 0 Å². The van der Waals surface area contributed by atoms with Crippen molar-refractivity contribution in [3.05, 3.63) is 18.2 Å². The van der Waals surface area contributed by atoms with E-state index in [4.69, 9.17) is 11.5 Å². The first kappa shape index (κ1) is 8.73. The van der Waals surface area contributed by atoms with Gasteiger partial charge in [-0.15, -0.1) is 0 Å². The third-order valence-electron chi connectivity index (χ3n) is 1.71. The summed E-state index contributed by atoms with van der Waals surface area (Å²) in [6, 6.07) is -0.625. The Morgan fingerprint density at radius 3 is 2.92 bits per heavy atom. The van der Waals surface area contributed by atoms with E-state index in [9.17, 15) is 4.79 Å². The van der Waals surface area contributed by atoms with Crippen LogP contribution in [0.2, 0.25) is 0 Å². The van der Waals surface area contributed by atoms with E-state index in [1.165, 1.54) is 0 Å². The molecule has 12 heavy (non-hydrogen) atoms. The Labute approximate surface area is 70.4 Å². The maximum absolute atomic E-state index is 10.6. The number of hydrogen-bond donors (Lipinski definition) is 2. The molecule has 0 aromatic carbocycles. The smallest absolute Gasteiger partial charge is 0.234 e. The minimum atomic E-state index is -0.625. The first-order valence-electron chi connectivity index (χ1n) is 3.61. The van der Waals surface area contributed by atoms with E-state index in [0.717, 1.165) is 5.69 Å². The van der Waals surface area contributed by atoms with Crippen molar-refractivity contribution in [2.24, 2.45) is 18.5 Å². The average Bonchev–Trinajstić information content (AvgIpc) is 2.36. The van der Waals surface area contributed by atoms with Gasteiger partial charge in [0.15, 0.2) is 0 Å². The molecule has 0 unspecified atom stereocenters. The van der Waals surface area contributed by atoms with Crippen LogP contribution in [0.25, 0.3) is 0 Å². The van der Waals surface area contributed by atoms with E-state index >= 15 is 0 Å². The zero-order valence-corrected chi connectivity index (χ0v) is 6.90. The van der Waals surface area contributed by atoms with Crippen molar-refractivity contribution in [2.75, 3.05) is 0 Å². The summed E-state index contributed by atoms with van der Waals surface area (Å²) in [6.07, 6.45) is 3.76. The quantitative estimate of drug-likeness (QED) is 0.592. The van der Waals surface area contributed by atoms with Crippen LogP contribution < -0.4 is 11.5 Å². The SMILES string of the molecule is Cn1cncc1C[C@H](N)C(N)=O. The molecule has 1 heterocycles. The van der Waals surface area contributed by atoms with Gasteiger partial charge in [0, 0.05) is 25.4 Å². The van der Waals surface area contributed by atoms with Crippen LogP contribution in [0.5, 0.6) is 0 Å². The number of hydrogen-bond acceptors (Lipinski definition) is 3. The predicted molar refractivity (Wildman–Crippen MR) is 44.1 cm³/mol. The highest BCUT2D eigenvalue weighted by atomic mass is 16.1. The lowest BCUT2D eigenvalue weighted by Crippen LogP contribution is -2.38. The summed E-state index contributed by atoms with van der Waals surface area (Å²) >= 11 is 0. The molecule has 0 aliphatic heterocycles. The molecule has 1 atom stereocenters. The third-order valence-corrected chi connectivity index (χ3v) is 1.71. The average molecular weight is 168 g/mol. The normalized spacial score (nSPS) is 12.8. The van der Waals surface area contributed by atoms with Crippen LogP contribution >= 0.6 is 0 Å². The Hall–Kier alpha value is -1.36. The Kier molecular flexibility index (Phi) is 2.44. The van der Waals surface area contributed by atoms with E-state index in [1.807, 2.05) is 11.6 Å². The fraction of sp³-hybridized carbons (Fsp3) is 0.429. The molecule has 66 valence electrons. The number of imidazole rings is 1. The van der Waals surface area contributed by atoms with Gasteiger partial charge in [-0.2, -0.15) is 0 Å². The number of aromatic nitrogens is 2. The fourth-order valence-corrected chi connectivity index (χ4v) is 0.907. The lowest BCUT2D eigenvalue weighted by molar-refractivity contribution is -0.119. The number of amides is 1. The van der Waals surface area contributed by atoms with Crippen LogP contribution in [0, 0.1) is 0 Å². The molecule has 0 saturated carbocycles. The Morgan fingerprint density at radius 1 is 1.83 bits per heavy atom. The predicted octanol–water partition coefficient (Wildman–Crippen LogP) is -1.22. The number of carbonyl (C=O) groups is 1. The molecule has 0 saturated heterocycles. The first-order valence-corrected chi connectivity index (χ1v) is 3.61. The van der Waals surface area contributed by atoms with E-state index in [1.54, 1.807) is 12.5 Å². The highest BCUT2D eigenvalue weighted by Gasteiger charge is 2.11. The van der Waals surface area contributed by atoms with Gasteiger partial charge in [0.2, 0.25) is 5.91 Å². The minimum Gasteiger partial charge on any atom is -0.368 e. The van der Waals surface area contributed by atoms with Gasteiger partial charge < -0.3 is 16.0 Å². The van der Waals surface area contributed by atoms with Gasteiger partial charge in [-0.05, 0) is 0 Å². The summed E-state index contributed by atoms with van der Waals surface area (Å²) in [5.74, 6) is -0.490. The van der Waals surface area contributed by atoms with Crippen LogP contribution in [0.15, 0.2) is 12.5 Å². The van der Waals surface area contributed by atoms with E-state index in [0.29, 0.717) is 6.42 Å². The molecule has 0 bridgehead atoms. The lowest BCUT2D eigenvalue weighted by Gasteiger charge is -2.06. The summed E-state index contributed by atoms with van der Waals surface area (Å²) in [7, 11) is 1.84. The number of primary amides is 1. The highest BCUT2D eigenvalue weighted by molar-refractivity contribution is 5.79. The van der Waals surface area contributed by atoms with Crippen LogP contribution in [0.1, 0.15) is 5.69 Å². The van der Waals surface area contributed by atoms with Crippen molar-refractivity contribution in [3.63, 3.8) is 0 Å². The van der Waals surface area contributed by atoms with Crippen molar-refractivity contribution in [2.45, 2.75) is 12.5 Å². The van der Waals surface area contributed by atoms with Crippen LogP contribution in [0.4, 0.5) is 0 Å². The molecule has 1 rings (SSSR count). The van der Waals surface area contributed by atoms with E-state index in [2.05, 4.69) is 4.98 Å². The molecule has 0 spiro atoms. The molecule has 1 aromatic rings. The fourth-order valence-electron chi connectivity index (χ4n) is 0.907. The molecular weight excluding hydrogens is 156 g/mol. The first-order chi connectivity index (χ1) is 5.61. The standard InChI is InChI=1S/C7H12N4O/c1-11-4-10-3-5(11)2-6(8)7(9)12/h3-4,6H,2,8H2,1H3,(H2,9,12)/t6-/m0/s1. The van der Waals surface area contributed by atoms with Crippen LogP contribution in [0.3, 0.4) is 0 Å². The third kappa shape index (κ3) is 1.82. The topological polar surface area (TPSA) is 86.9 Å². The molecule has 0 aliphatic rings. The highest BCUT2D eigenvalue weighted by Crippen LogP contribution is 1.99. The Balaban J connectivity index is 2.64. The summed E-state index contributed by atoms with van der Waals surface area (Å²) in [4.78, 5) is 14.5. The monoisotopic (exact) mass is 168 g/mol. The largest absolute Gasteiger partial charge is 0.368 e. The van der Waals surface area contributed by atoms with E-state index in [-0.39, 0.29) is 0 Å². The van der Waals surface area contributed by atoms with Gasteiger partial charge in [-0.25, -0.2) is 4.98 Å². The van der Waals surface area contributed by atoms with Gasteiger partial charge in [-0.1, -0.05) is 0 Å². The van der Waals surface area contributed by atoms with Crippen LogP contribution in [-0.4, -0.2) is 21.5 Å². The molecule has 5 heteroatoms. The molecule has 1 amide bonds. The van der Waals surface area contributed by atoms with Gasteiger partial charge >= 0.3 is 0 Å². The van der Waals surface area contributed by atoms with Crippen LogP contribution in [-0.2, 0) is 18.3 Å². The lowest BCUT2D eigenvalue weighted by atomic mass is 10.2. The molecule has 0 radical (unpaired) electrons. The molecule has 0 fully saturated rings. The maximum atomic E-state index is 10.6. The number of nitrogens with two attached hydrogens (primary N) is 2. The second-order valence-corrected chi connectivity index (χ2v) is 2.71. The van der Waals surface area contributed by atoms with Crippen molar-refractivity contribution in [1.29, 1.82) is 0 Å². The molecule has 0 aliphatic carbocycles. The zero-order chi connectivity index (χ0) is 9.14. The van der Waals surface area contributed by atoms with E-state index < -0.39 is 11.9 Å². The van der Waals surface area contributed by atoms with Gasteiger partial charge in [0.25, 0.3) is 0 Å². The van der Waals surface area contributed by atoms with Gasteiger partial charge in [-0.3, -0.25) is 4.79 Å². The molecular formula is C7H12N4O. The van der Waals surface area contributed by atoms with Crippen molar-refractivity contribution < 1.29 is 4.79 Å². The summed E-state index contributed by atoms with van der Waals surface area (Å²) in [5.41, 5.74) is 11.4. The summed E-state index contributed by atoms with van der Waals surface area (Å²) in [5, 5.41) is 0. The Morgan fingerprint density at radius 2 is 2.50 bits per heavy atom. The number of carbonyl (C=O) groups excluding carboxylic acids is 1. The van der Waals surface area contributed by atoms with Crippen molar-refractivity contribution in [1.82, 2.24) is 9.55 Å². The van der Waals surface area contributed by atoms with Gasteiger partial charge in [0.05, 0.1) is 12.4 Å². The molecule has 4 N–H and O–H groups in total. The van der Waals surface area contributed by atoms with Crippen molar-refractivity contribution >= 4 is 5.91 Å². The second kappa shape index (κ2) is 3.36. The second-order valence-electron chi connectivity index (χ2n) is 2.71. The number of rotatable bonds is 3. The molecule has 1 aromatic heterocycles. The number of nitrogens with zero attached hydrogens (tertiary/aromatic N) is 2. The minimum absolute atomic E-state index is 0.436. The molecule has 5 nitrogen and oxygen atoms in total. The summed E-state index contributed by atoms with van der Waals surface area (Å²) in [6.45, 7) is 0. The van der Waals surface area contributed by atoms with Gasteiger partial charge in [0.1, 0.15) is 0 Å². The number of aryl methyl sites for hydroxylation is 1. The maximum Gasteiger partial charge on any atom is 0.234 e. The zero-order valence-electron chi connectivity index (χ0n) is 6.90. The Bertz CT molecular complexity index is 281.